The molecule has 0 spiro atoms. The number of hydrogen-bond donors (Lipinski definition) is 3. The van der Waals surface area contributed by atoms with Crippen molar-refractivity contribution in [3.05, 3.63) is 180 Å². The van der Waals surface area contributed by atoms with Crippen molar-refractivity contribution in [3.63, 3.8) is 0 Å². The van der Waals surface area contributed by atoms with Gasteiger partial charge in [-0.3, -0.25) is 10.6 Å². The van der Waals surface area contributed by atoms with E-state index in [1.807, 2.05) is 18.2 Å². The molecule has 0 fully saturated rings. The van der Waals surface area contributed by atoms with Gasteiger partial charge in [-0.05, 0) is 83.0 Å². The van der Waals surface area contributed by atoms with Gasteiger partial charge in [0.05, 0.1) is 12.3 Å². The first-order valence-corrected chi connectivity index (χ1v) is 15.9. The first-order valence-electron chi connectivity index (χ1n) is 15.9. The van der Waals surface area contributed by atoms with Crippen molar-refractivity contribution < 1.29 is 0 Å². The first-order chi connectivity index (χ1) is 22.7. The summed E-state index contributed by atoms with van der Waals surface area (Å²) < 4.78 is 0. The Hall–Kier alpha value is -5.32. The van der Waals surface area contributed by atoms with E-state index in [2.05, 4.69) is 156 Å². The van der Waals surface area contributed by atoms with Gasteiger partial charge in [-0.2, -0.15) is 0 Å². The zero-order chi connectivity index (χ0) is 30.9. The Morgan fingerprint density at radius 2 is 1.13 bits per heavy atom. The smallest absolute Gasteiger partial charge is 0.0864 e. The second-order valence-corrected chi connectivity index (χ2v) is 12.0. The third kappa shape index (κ3) is 5.31. The van der Waals surface area contributed by atoms with Gasteiger partial charge in [0, 0.05) is 6.54 Å². The van der Waals surface area contributed by atoms with E-state index in [4.69, 9.17) is 5.73 Å². The third-order valence-corrected chi connectivity index (χ3v) is 9.12. The summed E-state index contributed by atoms with van der Waals surface area (Å²) in [5.74, 6) is 0. The summed E-state index contributed by atoms with van der Waals surface area (Å²) in [6.45, 7) is 0.660. The van der Waals surface area contributed by atoms with Crippen LogP contribution in [-0.4, -0.2) is 0 Å². The number of benzene rings is 8. The van der Waals surface area contributed by atoms with Crippen LogP contribution in [0.15, 0.2) is 164 Å². The second-order valence-electron chi connectivity index (χ2n) is 12.0. The molecule has 4 N–H and O–H groups in total. The Balaban J connectivity index is 1.25. The molecule has 0 aliphatic rings. The quantitative estimate of drug-likeness (QED) is 0.0934. The lowest BCUT2D eigenvalue weighted by atomic mass is 9.91. The van der Waals surface area contributed by atoms with Crippen molar-refractivity contribution in [3.8, 4) is 11.1 Å². The molecule has 0 amide bonds. The number of nitrogens with two attached hydrogens (primary N) is 1. The van der Waals surface area contributed by atoms with Gasteiger partial charge in [0.1, 0.15) is 0 Å². The zero-order valence-electron chi connectivity index (χ0n) is 25.5. The molecule has 0 saturated carbocycles. The molecule has 2 unspecified atom stereocenters. The maximum Gasteiger partial charge on any atom is 0.0864 e. The van der Waals surface area contributed by atoms with Gasteiger partial charge in [0.15, 0.2) is 0 Å². The molecule has 0 aliphatic heterocycles. The largest absolute Gasteiger partial charge is 0.312 e. The van der Waals surface area contributed by atoms with Gasteiger partial charge in [-0.25, -0.2) is 0 Å². The Morgan fingerprint density at radius 1 is 0.500 bits per heavy atom. The molecule has 46 heavy (non-hydrogen) atoms. The van der Waals surface area contributed by atoms with Crippen molar-refractivity contribution in [2.45, 2.75) is 18.9 Å². The van der Waals surface area contributed by atoms with Gasteiger partial charge in [0.2, 0.25) is 0 Å². The van der Waals surface area contributed by atoms with Crippen molar-refractivity contribution in [2.24, 2.45) is 5.73 Å². The molecule has 0 bridgehead atoms. The van der Waals surface area contributed by atoms with Crippen LogP contribution >= 0.6 is 0 Å². The molecule has 222 valence electrons. The molecule has 2 atom stereocenters. The second kappa shape index (κ2) is 12.2. The summed E-state index contributed by atoms with van der Waals surface area (Å²) in [6, 6.07) is 58.4. The molecular weight excluding hydrogens is 558 g/mol. The Bertz CT molecular complexity index is 2320. The molecule has 3 nitrogen and oxygen atoms in total. The number of nitrogens with one attached hydrogen (secondary N) is 2. The Morgan fingerprint density at radius 3 is 1.96 bits per heavy atom. The molecule has 8 aromatic carbocycles. The lowest BCUT2D eigenvalue weighted by Gasteiger charge is -2.28. The third-order valence-electron chi connectivity index (χ3n) is 9.12. The van der Waals surface area contributed by atoms with Crippen LogP contribution < -0.4 is 16.4 Å². The predicted molar refractivity (Wildman–Crippen MR) is 194 cm³/mol. The topological polar surface area (TPSA) is 50.1 Å². The van der Waals surface area contributed by atoms with Crippen LogP contribution in [0.2, 0.25) is 0 Å². The van der Waals surface area contributed by atoms with E-state index in [1.165, 1.54) is 65.3 Å². The van der Waals surface area contributed by atoms with E-state index in [0.717, 1.165) is 5.56 Å². The minimum absolute atomic E-state index is 0.240. The molecule has 0 saturated heterocycles. The Kier molecular flexibility index (Phi) is 7.49. The molecule has 8 rings (SSSR count). The van der Waals surface area contributed by atoms with Gasteiger partial charge in [-0.15, -0.1) is 0 Å². The van der Waals surface area contributed by atoms with E-state index < -0.39 is 0 Å². The molecule has 8 aromatic rings. The molecule has 0 heterocycles. The number of rotatable bonds is 8. The minimum atomic E-state index is -0.371. The van der Waals surface area contributed by atoms with Crippen molar-refractivity contribution in [1.29, 1.82) is 0 Å². The fourth-order valence-electron chi connectivity index (χ4n) is 6.91. The van der Waals surface area contributed by atoms with Gasteiger partial charge in [0.25, 0.3) is 0 Å². The summed E-state index contributed by atoms with van der Waals surface area (Å²) in [5.41, 5.74) is 12.8. The fourth-order valence-corrected chi connectivity index (χ4v) is 6.91. The van der Waals surface area contributed by atoms with E-state index >= 15 is 0 Å². The maximum atomic E-state index is 6.90. The van der Waals surface area contributed by atoms with E-state index in [1.54, 1.807) is 0 Å². The maximum absolute atomic E-state index is 6.90. The van der Waals surface area contributed by atoms with Crippen molar-refractivity contribution in [2.75, 3.05) is 0 Å². The lowest BCUT2D eigenvalue weighted by molar-refractivity contribution is 0.390. The van der Waals surface area contributed by atoms with Crippen molar-refractivity contribution >= 4 is 43.1 Å². The highest BCUT2D eigenvalue weighted by molar-refractivity contribution is 6.15. The average Bonchev–Trinajstić information content (AvgIpc) is 3.12. The number of fused-ring (bicyclic) bond motifs is 5. The van der Waals surface area contributed by atoms with E-state index in [-0.39, 0.29) is 12.3 Å². The van der Waals surface area contributed by atoms with Crippen LogP contribution in [0, 0.1) is 0 Å². The Labute approximate surface area is 269 Å². The van der Waals surface area contributed by atoms with Crippen LogP contribution in [0.4, 0.5) is 0 Å². The van der Waals surface area contributed by atoms with Crippen LogP contribution in [0.5, 0.6) is 0 Å². The lowest BCUT2D eigenvalue weighted by Crippen LogP contribution is -2.40. The monoisotopic (exact) mass is 593 g/mol. The van der Waals surface area contributed by atoms with Crippen LogP contribution in [0.1, 0.15) is 29.0 Å². The summed E-state index contributed by atoms with van der Waals surface area (Å²) in [6.07, 6.45) is -0.611. The van der Waals surface area contributed by atoms with Crippen molar-refractivity contribution in [1.82, 2.24) is 10.6 Å². The highest BCUT2D eigenvalue weighted by Crippen LogP contribution is 2.37. The zero-order valence-corrected chi connectivity index (χ0v) is 25.5. The molecule has 3 heteroatoms. The van der Waals surface area contributed by atoms with Gasteiger partial charge >= 0.3 is 0 Å². The minimum Gasteiger partial charge on any atom is -0.312 e. The standard InChI is InChI=1S/C43H35N3/c44-42(32-15-2-1-3-16-32)46-43(45-28-29-12-10-19-33(26-29)37-23-11-18-30-13-4-7-20-36(30)37)41-39-22-9-6-17-34(39)27-35-25-24-31-14-5-8-21-38(31)40(35)41/h1-27,42-43,45-46H,28,44H2. The van der Waals surface area contributed by atoms with Crippen LogP contribution in [-0.2, 0) is 6.54 Å². The highest BCUT2D eigenvalue weighted by Gasteiger charge is 2.22. The van der Waals surface area contributed by atoms with Crippen LogP contribution in [0.3, 0.4) is 0 Å². The summed E-state index contributed by atoms with van der Waals surface area (Å²) >= 11 is 0. The predicted octanol–water partition coefficient (Wildman–Crippen LogP) is 10.0. The molecular formula is C43H35N3. The summed E-state index contributed by atoms with van der Waals surface area (Å²) in [7, 11) is 0. The normalized spacial score (nSPS) is 13.0. The molecule has 0 aliphatic carbocycles. The van der Waals surface area contributed by atoms with E-state index in [9.17, 15) is 0 Å². The summed E-state index contributed by atoms with van der Waals surface area (Å²) in [5, 5.41) is 17.6. The highest BCUT2D eigenvalue weighted by atomic mass is 15.2. The van der Waals surface area contributed by atoms with Gasteiger partial charge in [-0.1, -0.05) is 152 Å². The van der Waals surface area contributed by atoms with E-state index in [0.29, 0.717) is 6.54 Å². The SMILES string of the molecule is NC(NC(NCc1cccc(-c2cccc3ccccc23)c1)c1c2ccccc2cc2ccc3ccccc3c12)c1ccccc1. The summed E-state index contributed by atoms with van der Waals surface area (Å²) in [4.78, 5) is 0. The van der Waals surface area contributed by atoms with Crippen LogP contribution in [0.25, 0.3) is 54.2 Å². The van der Waals surface area contributed by atoms with Gasteiger partial charge < -0.3 is 5.73 Å². The molecule has 0 aromatic heterocycles. The average molecular weight is 594 g/mol. The molecule has 0 radical (unpaired) electrons. The fraction of sp³-hybridized carbons (Fsp3) is 0.0698. The number of hydrogen-bond acceptors (Lipinski definition) is 3. The first kappa shape index (κ1) is 28.2.